The van der Waals surface area contributed by atoms with E-state index in [4.69, 9.17) is 4.74 Å². The Labute approximate surface area is 141 Å². The number of morpholine rings is 1. The van der Waals surface area contributed by atoms with Crippen LogP contribution in [0.4, 0.5) is 0 Å². The van der Waals surface area contributed by atoms with Crippen molar-refractivity contribution in [2.45, 2.75) is 52.6 Å². The zero-order chi connectivity index (χ0) is 16.9. The van der Waals surface area contributed by atoms with Crippen molar-refractivity contribution in [1.82, 2.24) is 14.7 Å². The number of allylic oxidation sites excluding steroid dienone is 2. The number of hydrogen-bond acceptors (Lipinski definition) is 3. The van der Waals surface area contributed by atoms with Gasteiger partial charge in [-0.1, -0.05) is 18.6 Å². The van der Waals surface area contributed by atoms with Crippen LogP contribution in [-0.4, -0.2) is 40.9 Å². The zero-order valence-corrected chi connectivity index (χ0v) is 15.5. The minimum absolute atomic E-state index is 0.224. The van der Waals surface area contributed by atoms with Crippen LogP contribution in [0.5, 0.6) is 0 Å². The lowest BCUT2D eigenvalue weighted by atomic mass is 9.96. The zero-order valence-electron chi connectivity index (χ0n) is 15.5. The highest BCUT2D eigenvalue weighted by molar-refractivity contribution is 5.16. The van der Waals surface area contributed by atoms with Crippen LogP contribution in [0.2, 0.25) is 0 Å². The summed E-state index contributed by atoms with van der Waals surface area (Å²) < 4.78 is 7.95. The average molecular weight is 319 g/mol. The largest absolute Gasteiger partial charge is 0.368 e. The summed E-state index contributed by atoms with van der Waals surface area (Å²) in [5, 5.41) is 4.30. The van der Waals surface area contributed by atoms with E-state index >= 15 is 0 Å². The van der Waals surface area contributed by atoms with Crippen molar-refractivity contribution in [2.24, 2.45) is 13.0 Å². The first kappa shape index (κ1) is 18.2. The second-order valence-electron chi connectivity index (χ2n) is 7.51. The van der Waals surface area contributed by atoms with Crippen molar-refractivity contribution in [1.29, 1.82) is 0 Å². The van der Waals surface area contributed by atoms with Gasteiger partial charge < -0.3 is 4.74 Å². The fourth-order valence-corrected chi connectivity index (χ4v) is 3.22. The Kier molecular flexibility index (Phi) is 6.42. The van der Waals surface area contributed by atoms with Gasteiger partial charge in [0.25, 0.3) is 0 Å². The van der Waals surface area contributed by atoms with Crippen molar-refractivity contribution in [3.8, 4) is 0 Å². The van der Waals surface area contributed by atoms with Crippen LogP contribution in [-0.2, 0) is 17.4 Å². The SMILES string of the molecule is CC(C)=CCC[C@@H](C)CCN1CCO[C@](C)(c2cnn(C)c2)C1. The molecule has 0 N–H and O–H groups in total. The van der Waals surface area contributed by atoms with Gasteiger partial charge in [-0.25, -0.2) is 0 Å². The van der Waals surface area contributed by atoms with E-state index in [-0.39, 0.29) is 5.60 Å². The topological polar surface area (TPSA) is 30.3 Å². The third-order valence-corrected chi connectivity index (χ3v) is 4.82. The molecule has 1 aliphatic rings. The van der Waals surface area contributed by atoms with Gasteiger partial charge in [-0.05, 0) is 52.5 Å². The summed E-state index contributed by atoms with van der Waals surface area (Å²) in [6.45, 7) is 12.9. The van der Waals surface area contributed by atoms with Gasteiger partial charge in [-0.15, -0.1) is 0 Å². The van der Waals surface area contributed by atoms with E-state index in [0.29, 0.717) is 0 Å². The normalized spacial score (nSPS) is 23.7. The first-order valence-electron chi connectivity index (χ1n) is 8.88. The van der Waals surface area contributed by atoms with Crippen molar-refractivity contribution in [3.63, 3.8) is 0 Å². The summed E-state index contributed by atoms with van der Waals surface area (Å²) in [5.41, 5.74) is 2.39. The van der Waals surface area contributed by atoms with E-state index in [1.807, 2.05) is 17.9 Å². The number of ether oxygens (including phenoxy) is 1. The van der Waals surface area contributed by atoms with Crippen molar-refractivity contribution < 1.29 is 4.74 Å². The molecule has 1 saturated heterocycles. The Morgan fingerprint density at radius 1 is 1.43 bits per heavy atom. The predicted molar refractivity (Wildman–Crippen MR) is 95.4 cm³/mol. The number of nitrogens with zero attached hydrogens (tertiary/aromatic N) is 3. The molecule has 1 aromatic heterocycles. The van der Waals surface area contributed by atoms with Crippen molar-refractivity contribution in [2.75, 3.05) is 26.2 Å². The second-order valence-corrected chi connectivity index (χ2v) is 7.51. The Morgan fingerprint density at radius 2 is 2.22 bits per heavy atom. The lowest BCUT2D eigenvalue weighted by Gasteiger charge is -2.40. The molecule has 0 aliphatic carbocycles. The molecule has 0 amide bonds. The highest BCUT2D eigenvalue weighted by atomic mass is 16.5. The van der Waals surface area contributed by atoms with Gasteiger partial charge in [-0.3, -0.25) is 9.58 Å². The molecule has 0 unspecified atom stereocenters. The Hall–Kier alpha value is -1.13. The van der Waals surface area contributed by atoms with Crippen LogP contribution in [0.25, 0.3) is 0 Å². The van der Waals surface area contributed by atoms with Gasteiger partial charge >= 0.3 is 0 Å². The van der Waals surface area contributed by atoms with Gasteiger partial charge in [0.1, 0.15) is 5.60 Å². The van der Waals surface area contributed by atoms with E-state index in [1.165, 1.54) is 30.4 Å². The van der Waals surface area contributed by atoms with E-state index < -0.39 is 0 Å². The minimum Gasteiger partial charge on any atom is -0.368 e. The standard InChI is InChI=1S/C19H33N3O/c1-16(2)7-6-8-17(3)9-10-22-11-12-23-19(4,15-22)18-13-20-21(5)14-18/h7,13-14,17H,6,8-12,15H2,1-5H3/t17-,19+/m1/s1. The van der Waals surface area contributed by atoms with Crippen LogP contribution in [0.15, 0.2) is 24.0 Å². The maximum Gasteiger partial charge on any atom is 0.106 e. The van der Waals surface area contributed by atoms with E-state index in [2.05, 4.69) is 50.0 Å². The lowest BCUT2D eigenvalue weighted by Crippen LogP contribution is -2.48. The third kappa shape index (κ3) is 5.47. The van der Waals surface area contributed by atoms with Gasteiger partial charge in [0.2, 0.25) is 0 Å². The number of aromatic nitrogens is 2. The number of hydrogen-bond donors (Lipinski definition) is 0. The van der Waals surface area contributed by atoms with E-state index in [1.54, 1.807) is 0 Å². The lowest BCUT2D eigenvalue weighted by molar-refractivity contribution is -0.104. The molecule has 0 radical (unpaired) electrons. The molecule has 2 atom stereocenters. The molecular formula is C19H33N3O. The first-order chi connectivity index (χ1) is 10.9. The number of aryl methyl sites for hydroxylation is 1. The molecule has 0 aromatic carbocycles. The molecule has 1 aliphatic heterocycles. The average Bonchev–Trinajstić information content (AvgIpc) is 2.92. The molecule has 0 spiro atoms. The molecule has 2 rings (SSSR count). The molecule has 4 nitrogen and oxygen atoms in total. The van der Waals surface area contributed by atoms with Gasteiger partial charge in [-0.2, -0.15) is 5.10 Å². The Morgan fingerprint density at radius 3 is 2.87 bits per heavy atom. The Balaban J connectivity index is 1.81. The molecular weight excluding hydrogens is 286 g/mol. The van der Waals surface area contributed by atoms with E-state index in [9.17, 15) is 0 Å². The smallest absolute Gasteiger partial charge is 0.106 e. The van der Waals surface area contributed by atoms with Gasteiger partial charge in [0.05, 0.1) is 12.8 Å². The maximum absolute atomic E-state index is 6.09. The molecule has 0 saturated carbocycles. The summed E-state index contributed by atoms with van der Waals surface area (Å²) in [6, 6.07) is 0. The van der Waals surface area contributed by atoms with Gasteiger partial charge in [0.15, 0.2) is 0 Å². The molecule has 130 valence electrons. The molecule has 2 heterocycles. The quantitative estimate of drug-likeness (QED) is 0.717. The molecule has 0 bridgehead atoms. The number of rotatable bonds is 7. The summed E-state index contributed by atoms with van der Waals surface area (Å²) in [7, 11) is 1.96. The van der Waals surface area contributed by atoms with E-state index in [0.717, 1.165) is 32.2 Å². The molecule has 4 heteroatoms. The molecule has 1 aromatic rings. The summed E-state index contributed by atoms with van der Waals surface area (Å²) in [6.07, 6.45) is 10.1. The van der Waals surface area contributed by atoms with Crippen molar-refractivity contribution >= 4 is 0 Å². The fraction of sp³-hybridized carbons (Fsp3) is 0.737. The fourth-order valence-electron chi connectivity index (χ4n) is 3.22. The molecule has 23 heavy (non-hydrogen) atoms. The summed E-state index contributed by atoms with van der Waals surface area (Å²) in [5.74, 6) is 0.776. The highest BCUT2D eigenvalue weighted by Gasteiger charge is 2.34. The Bertz CT molecular complexity index is 518. The molecule has 1 fully saturated rings. The predicted octanol–water partition coefficient (Wildman–Crippen LogP) is 3.74. The second kappa shape index (κ2) is 8.11. The minimum atomic E-state index is -0.224. The van der Waals surface area contributed by atoms with Crippen LogP contribution >= 0.6 is 0 Å². The first-order valence-corrected chi connectivity index (χ1v) is 8.88. The summed E-state index contributed by atoms with van der Waals surface area (Å²) >= 11 is 0. The maximum atomic E-state index is 6.09. The third-order valence-electron chi connectivity index (χ3n) is 4.82. The monoisotopic (exact) mass is 319 g/mol. The van der Waals surface area contributed by atoms with Crippen LogP contribution < -0.4 is 0 Å². The van der Waals surface area contributed by atoms with Gasteiger partial charge in [0, 0.05) is 31.9 Å². The summed E-state index contributed by atoms with van der Waals surface area (Å²) in [4.78, 5) is 2.55. The van der Waals surface area contributed by atoms with Crippen molar-refractivity contribution in [3.05, 3.63) is 29.6 Å². The van der Waals surface area contributed by atoms with Crippen LogP contribution in [0.1, 0.15) is 52.5 Å². The van der Waals surface area contributed by atoms with Crippen LogP contribution in [0, 0.1) is 5.92 Å². The highest BCUT2D eigenvalue weighted by Crippen LogP contribution is 2.29. The van der Waals surface area contributed by atoms with Crippen LogP contribution in [0.3, 0.4) is 0 Å².